The average molecular weight is 456 g/mol. The van der Waals surface area contributed by atoms with Crippen molar-refractivity contribution in [3.63, 3.8) is 0 Å². The minimum absolute atomic E-state index is 0.149. The number of hydrogen-bond donors (Lipinski definition) is 1. The van der Waals surface area contributed by atoms with Gasteiger partial charge in [-0.05, 0) is 56.2 Å². The third kappa shape index (κ3) is 3.75. The van der Waals surface area contributed by atoms with Gasteiger partial charge < -0.3 is 19.5 Å². The fourth-order valence-corrected chi connectivity index (χ4v) is 4.22. The van der Waals surface area contributed by atoms with Gasteiger partial charge in [-0.3, -0.25) is 9.59 Å². The van der Waals surface area contributed by atoms with E-state index in [-0.39, 0.29) is 12.5 Å². The summed E-state index contributed by atoms with van der Waals surface area (Å²) < 4.78 is 16.4. The molecule has 0 atom stereocenters. The number of anilines is 2. The highest BCUT2D eigenvalue weighted by atomic mass is 16.7. The number of fused-ring (bicyclic) bond motifs is 1. The van der Waals surface area contributed by atoms with Crippen molar-refractivity contribution in [2.24, 2.45) is 0 Å². The number of carbonyl (C=O) groups excluding carboxylic acids is 2. The van der Waals surface area contributed by atoms with Crippen molar-refractivity contribution >= 4 is 28.8 Å². The van der Waals surface area contributed by atoms with Gasteiger partial charge in [0.2, 0.25) is 6.79 Å². The molecule has 7 nitrogen and oxygen atoms in total. The summed E-state index contributed by atoms with van der Waals surface area (Å²) in [7, 11) is 0. The number of carbonyl (C=O) groups is 2. The number of rotatable bonds is 6. The lowest BCUT2D eigenvalue weighted by atomic mass is 9.97. The molecule has 7 heteroatoms. The van der Waals surface area contributed by atoms with Gasteiger partial charge in [0.15, 0.2) is 11.5 Å². The molecule has 2 amide bonds. The van der Waals surface area contributed by atoms with E-state index in [9.17, 15) is 9.59 Å². The summed E-state index contributed by atoms with van der Waals surface area (Å²) in [6.45, 7) is 6.44. The second-order valence-corrected chi connectivity index (χ2v) is 8.14. The molecule has 0 aromatic heterocycles. The normalized spacial score (nSPS) is 14.7. The smallest absolute Gasteiger partial charge is 0.282 e. The SMILES string of the molecule is CCOc1cccc(N2C(=O)C(Nc3ccc4c(c3)OCO4)=C(c3ccc(C)cc3C)C2=O)c1. The monoisotopic (exact) mass is 456 g/mol. The van der Waals surface area contributed by atoms with Crippen LogP contribution in [0.2, 0.25) is 0 Å². The number of aryl methyl sites for hydroxylation is 2. The van der Waals surface area contributed by atoms with Gasteiger partial charge in [0.05, 0.1) is 17.9 Å². The number of hydrogen-bond acceptors (Lipinski definition) is 6. The second kappa shape index (κ2) is 8.59. The molecule has 0 aliphatic carbocycles. The number of imide groups is 1. The molecule has 34 heavy (non-hydrogen) atoms. The molecule has 0 fully saturated rings. The summed E-state index contributed by atoms with van der Waals surface area (Å²) in [5.74, 6) is 0.972. The van der Waals surface area contributed by atoms with Gasteiger partial charge in [-0.1, -0.05) is 29.8 Å². The van der Waals surface area contributed by atoms with Gasteiger partial charge in [-0.25, -0.2) is 4.90 Å². The third-order valence-corrected chi connectivity index (χ3v) is 5.76. The molecule has 2 aliphatic heterocycles. The summed E-state index contributed by atoms with van der Waals surface area (Å²) in [5.41, 5.74) is 4.28. The van der Waals surface area contributed by atoms with Crippen LogP contribution >= 0.6 is 0 Å². The Labute approximate surface area is 197 Å². The van der Waals surface area contributed by atoms with E-state index in [0.717, 1.165) is 11.1 Å². The van der Waals surface area contributed by atoms with Gasteiger partial charge in [0.1, 0.15) is 11.4 Å². The number of amides is 2. The molecule has 3 aromatic carbocycles. The van der Waals surface area contributed by atoms with Gasteiger partial charge >= 0.3 is 0 Å². The molecular weight excluding hydrogens is 432 g/mol. The highest BCUT2D eigenvalue weighted by Gasteiger charge is 2.41. The number of nitrogens with zero attached hydrogens (tertiary/aromatic N) is 1. The van der Waals surface area contributed by atoms with Crippen LogP contribution in [0.1, 0.15) is 23.6 Å². The van der Waals surface area contributed by atoms with E-state index in [4.69, 9.17) is 14.2 Å². The maximum atomic E-state index is 13.7. The van der Waals surface area contributed by atoms with E-state index < -0.39 is 11.8 Å². The first-order valence-electron chi connectivity index (χ1n) is 11.1. The van der Waals surface area contributed by atoms with E-state index in [0.29, 0.717) is 46.4 Å². The summed E-state index contributed by atoms with van der Waals surface area (Å²) in [4.78, 5) is 28.6. The lowest BCUT2D eigenvalue weighted by Crippen LogP contribution is -2.32. The maximum Gasteiger partial charge on any atom is 0.282 e. The minimum Gasteiger partial charge on any atom is -0.494 e. The van der Waals surface area contributed by atoms with E-state index in [1.807, 2.05) is 39.0 Å². The summed E-state index contributed by atoms with van der Waals surface area (Å²) in [6.07, 6.45) is 0. The third-order valence-electron chi connectivity index (χ3n) is 5.76. The molecule has 2 aliphatic rings. The molecule has 2 heterocycles. The predicted molar refractivity (Wildman–Crippen MR) is 129 cm³/mol. The highest BCUT2D eigenvalue weighted by molar-refractivity contribution is 6.46. The molecule has 0 radical (unpaired) electrons. The fraction of sp³-hybridized carbons (Fsp3) is 0.185. The predicted octanol–water partition coefficient (Wildman–Crippen LogP) is 4.83. The zero-order valence-electron chi connectivity index (χ0n) is 19.2. The molecule has 0 unspecified atom stereocenters. The van der Waals surface area contributed by atoms with Crippen molar-refractivity contribution in [3.05, 3.63) is 83.1 Å². The Morgan fingerprint density at radius 2 is 1.76 bits per heavy atom. The Morgan fingerprint density at radius 1 is 0.941 bits per heavy atom. The van der Waals surface area contributed by atoms with E-state index in [2.05, 4.69) is 5.32 Å². The Kier molecular flexibility index (Phi) is 5.45. The molecule has 5 rings (SSSR count). The lowest BCUT2D eigenvalue weighted by molar-refractivity contribution is -0.120. The van der Waals surface area contributed by atoms with Gasteiger partial charge in [0, 0.05) is 17.8 Å². The van der Waals surface area contributed by atoms with Crippen molar-refractivity contribution in [3.8, 4) is 17.2 Å². The zero-order chi connectivity index (χ0) is 23.8. The average Bonchev–Trinajstić information content (AvgIpc) is 3.37. The Morgan fingerprint density at radius 3 is 2.56 bits per heavy atom. The molecule has 1 N–H and O–H groups in total. The van der Waals surface area contributed by atoms with E-state index >= 15 is 0 Å². The maximum absolute atomic E-state index is 13.7. The van der Waals surface area contributed by atoms with Crippen molar-refractivity contribution in [1.82, 2.24) is 0 Å². The van der Waals surface area contributed by atoms with Crippen LogP contribution in [0.4, 0.5) is 11.4 Å². The molecule has 0 spiro atoms. The first kappa shape index (κ1) is 21.6. The molecule has 0 bridgehead atoms. The molecule has 0 saturated heterocycles. The standard InChI is InChI=1S/C27H24N2O5/c1-4-32-20-7-5-6-19(14-20)29-26(30)24(21-10-8-16(2)12-17(21)3)25(27(29)31)28-18-9-11-22-23(13-18)34-15-33-22/h5-14,28H,4,15H2,1-3H3. The van der Waals surface area contributed by atoms with Crippen molar-refractivity contribution in [2.75, 3.05) is 23.6 Å². The van der Waals surface area contributed by atoms with E-state index in [1.54, 1.807) is 42.5 Å². The molecule has 3 aromatic rings. The summed E-state index contributed by atoms with van der Waals surface area (Å²) >= 11 is 0. The largest absolute Gasteiger partial charge is 0.494 e. The highest BCUT2D eigenvalue weighted by Crippen LogP contribution is 2.38. The van der Waals surface area contributed by atoms with Gasteiger partial charge in [0.25, 0.3) is 11.8 Å². The Hall–Kier alpha value is -4.26. The first-order valence-corrected chi connectivity index (χ1v) is 11.1. The minimum atomic E-state index is -0.439. The lowest BCUT2D eigenvalue weighted by Gasteiger charge is -2.16. The van der Waals surface area contributed by atoms with Crippen LogP contribution < -0.4 is 24.4 Å². The van der Waals surface area contributed by atoms with Crippen LogP contribution in [0, 0.1) is 13.8 Å². The van der Waals surface area contributed by atoms with Crippen LogP contribution in [-0.2, 0) is 9.59 Å². The van der Waals surface area contributed by atoms with Crippen LogP contribution in [0.25, 0.3) is 5.57 Å². The topological polar surface area (TPSA) is 77.1 Å². The Balaban J connectivity index is 1.60. The molecule has 0 saturated carbocycles. The van der Waals surface area contributed by atoms with Crippen molar-refractivity contribution < 1.29 is 23.8 Å². The molecular formula is C27H24N2O5. The second-order valence-electron chi connectivity index (χ2n) is 8.14. The summed E-state index contributed by atoms with van der Waals surface area (Å²) in [5, 5.41) is 3.18. The van der Waals surface area contributed by atoms with E-state index in [1.165, 1.54) is 4.90 Å². The zero-order valence-corrected chi connectivity index (χ0v) is 19.2. The van der Waals surface area contributed by atoms with Gasteiger partial charge in [-0.15, -0.1) is 0 Å². The quantitative estimate of drug-likeness (QED) is 0.536. The Bertz CT molecular complexity index is 1340. The van der Waals surface area contributed by atoms with Crippen molar-refractivity contribution in [2.45, 2.75) is 20.8 Å². The van der Waals surface area contributed by atoms with Crippen LogP contribution in [0.5, 0.6) is 17.2 Å². The first-order chi connectivity index (χ1) is 16.5. The molecule has 172 valence electrons. The summed E-state index contributed by atoms with van der Waals surface area (Å²) in [6, 6.07) is 18.1. The number of benzene rings is 3. The van der Waals surface area contributed by atoms with Crippen molar-refractivity contribution in [1.29, 1.82) is 0 Å². The van der Waals surface area contributed by atoms with Crippen LogP contribution in [-0.4, -0.2) is 25.2 Å². The number of ether oxygens (including phenoxy) is 3. The number of nitrogens with one attached hydrogen (secondary N) is 1. The fourth-order valence-electron chi connectivity index (χ4n) is 4.22. The van der Waals surface area contributed by atoms with Crippen LogP contribution in [0.15, 0.2) is 66.4 Å². The van der Waals surface area contributed by atoms with Crippen LogP contribution in [0.3, 0.4) is 0 Å². The van der Waals surface area contributed by atoms with Gasteiger partial charge in [-0.2, -0.15) is 0 Å².